The van der Waals surface area contributed by atoms with Gasteiger partial charge < -0.3 is 5.32 Å². The van der Waals surface area contributed by atoms with E-state index in [1.165, 1.54) is 17.0 Å². The minimum Gasteiger partial charge on any atom is -0.324 e. The molecule has 1 heterocycles. The summed E-state index contributed by atoms with van der Waals surface area (Å²) in [6, 6.07) is 19.7. The third-order valence-electron chi connectivity index (χ3n) is 4.47. The number of carbonyl (C=O) groups excluding carboxylic acids is 2. The molecule has 0 radical (unpaired) electrons. The van der Waals surface area contributed by atoms with Crippen molar-refractivity contribution in [2.45, 2.75) is 11.3 Å². The fourth-order valence-corrected chi connectivity index (χ4v) is 4.56. The van der Waals surface area contributed by atoms with Crippen molar-refractivity contribution in [1.29, 1.82) is 0 Å². The van der Waals surface area contributed by atoms with E-state index < -0.39 is 15.9 Å². The first kappa shape index (κ1) is 20.1. The molecule has 0 saturated carbocycles. The molecule has 0 bridgehead atoms. The van der Waals surface area contributed by atoms with E-state index in [-0.39, 0.29) is 17.2 Å². The maximum absolute atomic E-state index is 12.7. The Hall–Kier alpha value is -3.17. The minimum atomic E-state index is -3.72. The van der Waals surface area contributed by atoms with Crippen LogP contribution in [0.1, 0.15) is 6.42 Å². The number of hydrogen-bond acceptors (Lipinski definition) is 4. The smallest absolute Gasteiger partial charge is 0.261 e. The zero-order valence-corrected chi connectivity index (χ0v) is 17.9. The Labute approximate surface area is 181 Å². The molecule has 0 aromatic heterocycles. The second-order valence-electron chi connectivity index (χ2n) is 6.58. The molecule has 9 heteroatoms. The molecular formula is C21H16BrN3O4S. The van der Waals surface area contributed by atoms with Crippen LogP contribution in [0.3, 0.4) is 0 Å². The highest BCUT2D eigenvalue weighted by Crippen LogP contribution is 2.37. The summed E-state index contributed by atoms with van der Waals surface area (Å²) < 4.78 is 28.3. The molecule has 0 saturated heterocycles. The second-order valence-corrected chi connectivity index (χ2v) is 9.18. The Morgan fingerprint density at radius 3 is 2.33 bits per heavy atom. The first-order valence-corrected chi connectivity index (χ1v) is 11.2. The quantitative estimate of drug-likeness (QED) is 0.539. The predicted octanol–water partition coefficient (Wildman–Crippen LogP) is 4.26. The average Bonchev–Trinajstić information content (AvgIpc) is 2.83. The maximum Gasteiger partial charge on any atom is 0.261 e. The molecule has 2 N–H and O–H groups in total. The van der Waals surface area contributed by atoms with Crippen molar-refractivity contribution in [2.24, 2.45) is 0 Å². The Bertz CT molecular complexity index is 1230. The summed E-state index contributed by atoms with van der Waals surface area (Å²) in [5, 5.41) is 2.73. The van der Waals surface area contributed by atoms with Gasteiger partial charge in [-0.15, -0.1) is 0 Å². The van der Waals surface area contributed by atoms with Crippen LogP contribution >= 0.6 is 15.9 Å². The molecule has 0 atom stereocenters. The molecule has 0 aliphatic carbocycles. The summed E-state index contributed by atoms with van der Waals surface area (Å²) >= 11 is 3.36. The average molecular weight is 486 g/mol. The summed E-state index contributed by atoms with van der Waals surface area (Å²) in [4.78, 5) is 26.3. The van der Waals surface area contributed by atoms with Crippen LogP contribution < -0.4 is 14.9 Å². The summed E-state index contributed by atoms with van der Waals surface area (Å²) in [5.74, 6) is -0.778. The molecule has 3 aromatic carbocycles. The van der Waals surface area contributed by atoms with E-state index in [2.05, 4.69) is 26.0 Å². The molecule has 2 amide bonds. The van der Waals surface area contributed by atoms with Gasteiger partial charge in [-0.2, -0.15) is 0 Å². The monoisotopic (exact) mass is 485 g/mol. The number of nitrogens with one attached hydrogen (secondary N) is 2. The largest absolute Gasteiger partial charge is 0.324 e. The van der Waals surface area contributed by atoms with Gasteiger partial charge in [0.1, 0.15) is 6.42 Å². The van der Waals surface area contributed by atoms with E-state index in [9.17, 15) is 18.0 Å². The summed E-state index contributed by atoms with van der Waals surface area (Å²) in [6.45, 7) is 0. The fraction of sp³-hybridized carbons (Fsp3) is 0.0476. The van der Waals surface area contributed by atoms with Gasteiger partial charge in [0.25, 0.3) is 10.0 Å². The van der Waals surface area contributed by atoms with Crippen LogP contribution in [0.5, 0.6) is 0 Å². The number of sulfonamides is 1. The summed E-state index contributed by atoms with van der Waals surface area (Å²) in [5.41, 5.74) is 1.92. The van der Waals surface area contributed by atoms with Gasteiger partial charge in [-0.3, -0.25) is 19.2 Å². The Morgan fingerprint density at radius 1 is 0.933 bits per heavy atom. The second kappa shape index (κ2) is 7.92. The minimum absolute atomic E-state index is 0.154. The molecule has 4 rings (SSSR count). The highest BCUT2D eigenvalue weighted by Gasteiger charge is 2.27. The van der Waals surface area contributed by atoms with E-state index in [0.29, 0.717) is 22.7 Å². The van der Waals surface area contributed by atoms with E-state index in [1.807, 2.05) is 0 Å². The number of rotatable bonds is 4. The molecular weight excluding hydrogens is 470 g/mol. The highest BCUT2D eigenvalue weighted by atomic mass is 79.9. The van der Waals surface area contributed by atoms with Crippen LogP contribution in [0.25, 0.3) is 0 Å². The number of anilines is 4. The number of hydrogen-bond donors (Lipinski definition) is 2. The summed E-state index contributed by atoms with van der Waals surface area (Å²) in [6.07, 6.45) is -0.297. The molecule has 1 aliphatic rings. The SMILES string of the molecule is O=C1CC(=O)N(c2ccc(NS(=O)(=O)c3ccccc3)cc2)c2ccc(Br)cc2N1. The van der Waals surface area contributed by atoms with Gasteiger partial charge in [-0.25, -0.2) is 8.42 Å². The molecule has 0 fully saturated rings. The van der Waals surface area contributed by atoms with Gasteiger partial charge in [0, 0.05) is 15.8 Å². The number of amides is 2. The Morgan fingerprint density at radius 2 is 1.63 bits per heavy atom. The zero-order valence-electron chi connectivity index (χ0n) is 15.5. The van der Waals surface area contributed by atoms with E-state index in [4.69, 9.17) is 0 Å². The topological polar surface area (TPSA) is 95.6 Å². The lowest BCUT2D eigenvalue weighted by molar-refractivity contribution is -0.124. The van der Waals surface area contributed by atoms with Gasteiger partial charge >= 0.3 is 0 Å². The lowest BCUT2D eigenvalue weighted by Gasteiger charge is -2.23. The van der Waals surface area contributed by atoms with Crippen molar-refractivity contribution >= 4 is 60.5 Å². The first-order chi connectivity index (χ1) is 14.3. The van der Waals surface area contributed by atoms with E-state index in [1.54, 1.807) is 60.7 Å². The number of fused-ring (bicyclic) bond motifs is 1. The molecule has 3 aromatic rings. The standard InChI is InChI=1S/C21H16BrN3O4S/c22-14-6-11-19-18(12-14)23-20(26)13-21(27)25(19)16-9-7-15(8-10-16)24-30(28,29)17-4-2-1-3-5-17/h1-12,24H,13H2,(H,23,26). The van der Waals surface area contributed by atoms with Gasteiger partial charge in [0.15, 0.2) is 0 Å². The van der Waals surface area contributed by atoms with Crippen molar-refractivity contribution in [3.63, 3.8) is 0 Å². The van der Waals surface area contributed by atoms with Crippen LogP contribution in [0.4, 0.5) is 22.7 Å². The summed E-state index contributed by atoms with van der Waals surface area (Å²) in [7, 11) is -3.72. The third-order valence-corrected chi connectivity index (χ3v) is 6.36. The van der Waals surface area contributed by atoms with Crippen molar-refractivity contribution in [2.75, 3.05) is 14.9 Å². The van der Waals surface area contributed by atoms with Gasteiger partial charge in [-0.05, 0) is 54.6 Å². The Balaban J connectivity index is 1.66. The van der Waals surface area contributed by atoms with Crippen LogP contribution in [0.15, 0.2) is 82.2 Å². The molecule has 30 heavy (non-hydrogen) atoms. The number of benzene rings is 3. The van der Waals surface area contributed by atoms with Crippen molar-refractivity contribution in [3.8, 4) is 0 Å². The lowest BCUT2D eigenvalue weighted by atomic mass is 10.2. The number of halogens is 1. The first-order valence-electron chi connectivity index (χ1n) is 8.94. The van der Waals surface area contributed by atoms with Crippen LogP contribution in [0.2, 0.25) is 0 Å². The normalized spacial score (nSPS) is 14.0. The van der Waals surface area contributed by atoms with Gasteiger partial charge in [0.05, 0.1) is 16.3 Å². The lowest BCUT2D eigenvalue weighted by Crippen LogP contribution is -2.26. The zero-order chi connectivity index (χ0) is 21.3. The van der Waals surface area contributed by atoms with Crippen LogP contribution in [0, 0.1) is 0 Å². The van der Waals surface area contributed by atoms with Crippen molar-refractivity contribution in [3.05, 3.63) is 77.3 Å². The molecule has 0 spiro atoms. The fourth-order valence-electron chi connectivity index (χ4n) is 3.12. The van der Waals surface area contributed by atoms with E-state index in [0.717, 1.165) is 4.47 Å². The van der Waals surface area contributed by atoms with Crippen molar-refractivity contribution in [1.82, 2.24) is 0 Å². The maximum atomic E-state index is 12.7. The van der Waals surface area contributed by atoms with Crippen molar-refractivity contribution < 1.29 is 18.0 Å². The Kier molecular flexibility index (Phi) is 5.31. The molecule has 7 nitrogen and oxygen atoms in total. The number of carbonyl (C=O) groups is 2. The molecule has 1 aliphatic heterocycles. The highest BCUT2D eigenvalue weighted by molar-refractivity contribution is 9.10. The van der Waals surface area contributed by atoms with E-state index >= 15 is 0 Å². The third kappa shape index (κ3) is 4.07. The van der Waals surface area contributed by atoms with Crippen LogP contribution in [-0.2, 0) is 19.6 Å². The van der Waals surface area contributed by atoms with Gasteiger partial charge in [0.2, 0.25) is 11.8 Å². The predicted molar refractivity (Wildman–Crippen MR) is 118 cm³/mol. The van der Waals surface area contributed by atoms with Crippen LogP contribution in [-0.4, -0.2) is 20.2 Å². The van der Waals surface area contributed by atoms with Gasteiger partial charge in [-0.1, -0.05) is 34.1 Å². The molecule has 0 unspecified atom stereocenters. The molecule has 152 valence electrons. The number of nitrogens with zero attached hydrogens (tertiary/aromatic N) is 1.